The number of carbonyl (C=O) groups excluding carboxylic acids is 2. The van der Waals surface area contributed by atoms with E-state index in [1.165, 1.54) is 0 Å². The molecule has 1 rings (SSSR count). The molecule has 122 valence electrons. The molecule has 1 saturated heterocycles. The molecule has 1 fully saturated rings. The van der Waals surface area contributed by atoms with Crippen LogP contribution >= 0.6 is 0 Å². The molecular weight excluding hydrogens is 264 g/mol. The number of esters is 2. The highest BCUT2D eigenvalue weighted by Crippen LogP contribution is 2.43. The summed E-state index contributed by atoms with van der Waals surface area (Å²) in [6.45, 7) is 21.1. The van der Waals surface area contributed by atoms with Gasteiger partial charge in [0.2, 0.25) is 0 Å². The van der Waals surface area contributed by atoms with Crippen molar-refractivity contribution >= 4 is 11.9 Å². The van der Waals surface area contributed by atoms with Crippen molar-refractivity contribution in [2.45, 2.75) is 68.2 Å². The highest BCUT2D eigenvalue weighted by Gasteiger charge is 2.41. The van der Waals surface area contributed by atoms with Crippen LogP contribution in [-0.4, -0.2) is 11.9 Å². The van der Waals surface area contributed by atoms with Gasteiger partial charge in [0.15, 0.2) is 0 Å². The normalized spacial score (nSPS) is 20.5. The molecule has 0 amide bonds. The second-order valence-electron chi connectivity index (χ2n) is 7.43. The van der Waals surface area contributed by atoms with Crippen molar-refractivity contribution in [3.05, 3.63) is 12.2 Å². The monoisotopic (exact) mass is 296 g/mol. The number of rotatable bonds is 4. The van der Waals surface area contributed by atoms with Crippen LogP contribution in [0.25, 0.3) is 0 Å². The molecule has 0 radical (unpaired) electrons. The Hall–Kier alpha value is -1.12. The summed E-state index contributed by atoms with van der Waals surface area (Å²) in [7, 11) is 0. The zero-order chi connectivity index (χ0) is 17.0. The first-order valence-corrected chi connectivity index (χ1v) is 7.89. The van der Waals surface area contributed by atoms with Crippen LogP contribution < -0.4 is 0 Å². The Labute approximate surface area is 130 Å². The summed E-state index contributed by atoms with van der Waals surface area (Å²) in [6.07, 6.45) is 1.08. The van der Waals surface area contributed by atoms with E-state index in [4.69, 9.17) is 0 Å². The molecule has 0 spiro atoms. The Morgan fingerprint density at radius 2 is 1.71 bits per heavy atom. The van der Waals surface area contributed by atoms with Crippen molar-refractivity contribution < 1.29 is 14.3 Å². The number of carbonyl (C=O) groups is 2. The average Bonchev–Trinajstić information content (AvgIpc) is 2.68. The molecule has 3 heteroatoms. The molecule has 21 heavy (non-hydrogen) atoms. The van der Waals surface area contributed by atoms with Gasteiger partial charge in [-0.05, 0) is 23.2 Å². The maximum absolute atomic E-state index is 11.7. The fourth-order valence-electron chi connectivity index (χ4n) is 2.41. The summed E-state index contributed by atoms with van der Waals surface area (Å²) in [5.41, 5.74) is 0.851. The zero-order valence-corrected chi connectivity index (χ0v) is 15.0. The Kier molecular flexibility index (Phi) is 6.85. The van der Waals surface area contributed by atoms with E-state index in [1.807, 2.05) is 13.8 Å². The summed E-state index contributed by atoms with van der Waals surface area (Å²) >= 11 is 0. The van der Waals surface area contributed by atoms with Crippen LogP contribution in [0.2, 0.25) is 0 Å². The van der Waals surface area contributed by atoms with Crippen LogP contribution in [0.1, 0.15) is 68.2 Å². The van der Waals surface area contributed by atoms with Gasteiger partial charge in [-0.2, -0.15) is 0 Å². The lowest BCUT2D eigenvalue weighted by Crippen LogP contribution is -2.29. The molecule has 0 aromatic rings. The Morgan fingerprint density at radius 3 is 2.05 bits per heavy atom. The third-order valence-corrected chi connectivity index (χ3v) is 4.45. The molecule has 0 aromatic carbocycles. The fourth-order valence-corrected chi connectivity index (χ4v) is 2.41. The molecule has 0 aliphatic carbocycles. The smallest absolute Gasteiger partial charge is 0.321 e. The maximum atomic E-state index is 11.7. The lowest BCUT2D eigenvalue weighted by molar-refractivity contribution is -0.152. The van der Waals surface area contributed by atoms with E-state index in [0.29, 0.717) is 5.92 Å². The van der Waals surface area contributed by atoms with E-state index in [1.54, 1.807) is 0 Å². The third-order valence-electron chi connectivity index (χ3n) is 4.45. The number of hydrogen-bond acceptors (Lipinski definition) is 3. The van der Waals surface area contributed by atoms with Crippen LogP contribution in [0.15, 0.2) is 12.2 Å². The van der Waals surface area contributed by atoms with E-state index < -0.39 is 17.9 Å². The summed E-state index contributed by atoms with van der Waals surface area (Å²) in [6, 6.07) is 0. The molecule has 1 heterocycles. The van der Waals surface area contributed by atoms with Crippen LogP contribution in [0, 0.1) is 22.7 Å². The van der Waals surface area contributed by atoms with Gasteiger partial charge in [-0.15, -0.1) is 0 Å². The minimum absolute atomic E-state index is 0.144. The van der Waals surface area contributed by atoms with Gasteiger partial charge in [-0.1, -0.05) is 67.5 Å². The highest BCUT2D eigenvalue weighted by molar-refractivity contribution is 5.96. The molecule has 0 aromatic heterocycles. The average molecular weight is 296 g/mol. The van der Waals surface area contributed by atoms with E-state index in [0.717, 1.165) is 12.0 Å². The van der Waals surface area contributed by atoms with Crippen LogP contribution in [0.5, 0.6) is 0 Å². The molecule has 0 bridgehead atoms. The van der Waals surface area contributed by atoms with Gasteiger partial charge in [0.25, 0.3) is 0 Å². The summed E-state index contributed by atoms with van der Waals surface area (Å²) in [5.74, 6) is -0.843. The summed E-state index contributed by atoms with van der Waals surface area (Å²) < 4.78 is 4.62. The first-order valence-electron chi connectivity index (χ1n) is 7.89. The van der Waals surface area contributed by atoms with Crippen molar-refractivity contribution in [1.29, 1.82) is 0 Å². The first kappa shape index (κ1) is 19.9. The van der Waals surface area contributed by atoms with E-state index in [-0.39, 0.29) is 17.3 Å². The second kappa shape index (κ2) is 7.24. The third kappa shape index (κ3) is 5.29. The summed E-state index contributed by atoms with van der Waals surface area (Å²) in [4.78, 5) is 22.8. The van der Waals surface area contributed by atoms with Crippen LogP contribution in [-0.2, 0) is 14.3 Å². The van der Waals surface area contributed by atoms with Gasteiger partial charge in [0, 0.05) is 0 Å². The lowest BCUT2D eigenvalue weighted by atomic mass is 9.67. The topological polar surface area (TPSA) is 43.4 Å². The Morgan fingerprint density at radius 1 is 1.24 bits per heavy atom. The first-order chi connectivity index (χ1) is 9.45. The molecule has 0 N–H and O–H groups in total. The fraction of sp³-hybridized carbons (Fsp3) is 0.778. The van der Waals surface area contributed by atoms with Crippen LogP contribution in [0.3, 0.4) is 0 Å². The van der Waals surface area contributed by atoms with Crippen molar-refractivity contribution in [2.75, 3.05) is 0 Å². The Bertz CT molecular complexity index is 399. The van der Waals surface area contributed by atoms with Crippen molar-refractivity contribution in [3.63, 3.8) is 0 Å². The van der Waals surface area contributed by atoms with Gasteiger partial charge in [0.05, 0.1) is 12.3 Å². The zero-order valence-electron chi connectivity index (χ0n) is 15.0. The predicted molar refractivity (Wildman–Crippen MR) is 86.7 cm³/mol. The lowest BCUT2D eigenvalue weighted by Gasteiger charge is -2.37. The number of cyclic esters (lactones) is 2. The maximum Gasteiger partial charge on any atom is 0.321 e. The number of ether oxygens (including phenoxy) is 1. The molecule has 2 unspecified atom stereocenters. The second-order valence-corrected chi connectivity index (χ2v) is 7.43. The van der Waals surface area contributed by atoms with E-state index in [2.05, 4.69) is 52.9 Å². The van der Waals surface area contributed by atoms with Crippen LogP contribution in [0.4, 0.5) is 0 Å². The Balaban J connectivity index is 0.00000191. The van der Waals surface area contributed by atoms with Gasteiger partial charge < -0.3 is 4.74 Å². The minimum Gasteiger partial charge on any atom is -0.393 e. The van der Waals surface area contributed by atoms with E-state index >= 15 is 0 Å². The van der Waals surface area contributed by atoms with Gasteiger partial charge in [-0.25, -0.2) is 0 Å². The van der Waals surface area contributed by atoms with Gasteiger partial charge >= 0.3 is 11.9 Å². The molecule has 1 aliphatic heterocycles. The highest BCUT2D eigenvalue weighted by atomic mass is 16.6. The van der Waals surface area contributed by atoms with Crippen molar-refractivity contribution in [2.24, 2.45) is 22.7 Å². The predicted octanol–water partition coefficient (Wildman–Crippen LogP) is 4.76. The van der Waals surface area contributed by atoms with E-state index in [9.17, 15) is 9.59 Å². The largest absolute Gasteiger partial charge is 0.393 e. The number of hydrogen-bond donors (Lipinski definition) is 0. The standard InChI is InChI=1S/C16H26O3.C2H6/c1-10(15(3,4)5)9-16(6,7)11(2)12-8-13(17)19-14(12)18;1-2/h10,12H,2,8-9H2,1,3-7H3;1-2H3. The molecule has 1 aliphatic rings. The van der Waals surface area contributed by atoms with Gasteiger partial charge in [0.1, 0.15) is 0 Å². The summed E-state index contributed by atoms with van der Waals surface area (Å²) in [5, 5.41) is 0. The minimum atomic E-state index is -0.463. The molecular formula is C18H32O3. The quantitative estimate of drug-likeness (QED) is 0.427. The molecule has 0 saturated carbocycles. The van der Waals surface area contributed by atoms with Gasteiger partial charge in [-0.3, -0.25) is 9.59 Å². The molecule has 3 nitrogen and oxygen atoms in total. The van der Waals surface area contributed by atoms with Crippen molar-refractivity contribution in [1.82, 2.24) is 0 Å². The van der Waals surface area contributed by atoms with Crippen molar-refractivity contribution in [3.8, 4) is 0 Å². The molecule has 2 atom stereocenters. The SMILES string of the molecule is C=C(C1CC(=O)OC1=O)C(C)(C)CC(C)C(C)(C)C.CC.